The van der Waals surface area contributed by atoms with E-state index in [2.05, 4.69) is 4.42 Å². The van der Waals surface area contributed by atoms with Gasteiger partial charge in [0.15, 0.2) is 0 Å². The van der Waals surface area contributed by atoms with Gasteiger partial charge in [0, 0.05) is 0 Å². The second-order valence-electron chi connectivity index (χ2n) is 2.31. The van der Waals surface area contributed by atoms with E-state index in [9.17, 15) is 0 Å². The Kier molecular flexibility index (Phi) is 4.99. The highest BCUT2D eigenvalue weighted by Gasteiger charge is 1.90. The third kappa shape index (κ3) is 4.51. The van der Waals surface area contributed by atoms with Gasteiger partial charge in [-0.05, 0) is 24.3 Å². The topological polar surface area (TPSA) is 35.5 Å². The minimum Gasteiger partial charge on any atom is -0.473 e. The van der Waals surface area contributed by atoms with Gasteiger partial charge in [-0.25, -0.2) is 0 Å². The molecular weight excluding hydrogens is 200 g/mol. The molecule has 0 aliphatic carbocycles. The van der Waals surface area contributed by atoms with Crippen LogP contribution in [0.3, 0.4) is 0 Å². The first-order valence-corrected chi connectivity index (χ1v) is 6.02. The quantitative estimate of drug-likeness (QED) is 0.634. The van der Waals surface area contributed by atoms with Crippen molar-refractivity contribution in [3.05, 3.63) is 43.1 Å². The second-order valence-corrected chi connectivity index (χ2v) is 5.60. The highest BCUT2D eigenvalue weighted by atomic mass is 28.3. The summed E-state index contributed by atoms with van der Waals surface area (Å²) in [5.74, 6) is 0. The van der Waals surface area contributed by atoms with Crippen LogP contribution in [0.2, 0.25) is 0 Å². The summed E-state index contributed by atoms with van der Waals surface area (Å²) < 4.78 is 14.7. The standard InChI is InChI=1S/C4H8O2Si2.C4H4O/c7-6-8-4-2-1-3-5-4;1-2-4-5-3-1/h1-3H,8H2,7H3;1-4H. The summed E-state index contributed by atoms with van der Waals surface area (Å²) in [5.41, 5.74) is 0. The van der Waals surface area contributed by atoms with Gasteiger partial charge < -0.3 is 12.9 Å². The van der Waals surface area contributed by atoms with E-state index in [1.165, 1.54) is 0 Å². The summed E-state index contributed by atoms with van der Waals surface area (Å²) in [7, 11) is 0.373. The molecule has 13 heavy (non-hydrogen) atoms. The smallest absolute Gasteiger partial charge is 0.221 e. The molecule has 0 spiro atoms. The summed E-state index contributed by atoms with van der Waals surface area (Å²) in [6.45, 7) is 0. The molecule has 0 saturated heterocycles. The van der Waals surface area contributed by atoms with Crippen molar-refractivity contribution in [1.29, 1.82) is 0 Å². The Bertz CT molecular complexity index is 261. The van der Waals surface area contributed by atoms with Gasteiger partial charge in [0.1, 0.15) is 15.9 Å². The van der Waals surface area contributed by atoms with Gasteiger partial charge in [-0.2, -0.15) is 0 Å². The molecular formula is C8H12O3Si2. The Labute approximate surface area is 82.2 Å². The molecule has 5 heteroatoms. The number of furan rings is 2. The van der Waals surface area contributed by atoms with Crippen LogP contribution >= 0.6 is 0 Å². The van der Waals surface area contributed by atoms with E-state index in [0.717, 1.165) is 15.9 Å². The first-order chi connectivity index (χ1) is 6.43. The van der Waals surface area contributed by atoms with E-state index in [1.807, 2.05) is 24.3 Å². The van der Waals surface area contributed by atoms with Gasteiger partial charge in [-0.15, -0.1) is 0 Å². The van der Waals surface area contributed by atoms with Gasteiger partial charge in [0.2, 0.25) is 9.76 Å². The molecule has 0 fully saturated rings. The SMILES string of the molecule is [SiH3]O[SiH2]c1ccco1.c1ccoc1. The normalized spacial score (nSPS) is 10.2. The highest BCUT2D eigenvalue weighted by molar-refractivity contribution is 6.48. The summed E-state index contributed by atoms with van der Waals surface area (Å²) in [4.78, 5) is 0. The summed E-state index contributed by atoms with van der Waals surface area (Å²) in [5, 5.41) is 1.04. The Balaban J connectivity index is 0.000000145. The lowest BCUT2D eigenvalue weighted by Gasteiger charge is -1.88. The van der Waals surface area contributed by atoms with Crippen LogP contribution < -0.4 is 5.38 Å². The molecule has 3 nitrogen and oxygen atoms in total. The predicted molar refractivity (Wildman–Crippen MR) is 56.6 cm³/mol. The van der Waals surface area contributed by atoms with Crippen molar-refractivity contribution < 1.29 is 12.9 Å². The number of hydrogen-bond acceptors (Lipinski definition) is 3. The molecule has 0 amide bonds. The minimum atomic E-state index is -0.464. The fourth-order valence-electron chi connectivity index (χ4n) is 0.764. The Morgan fingerprint density at radius 3 is 2.31 bits per heavy atom. The van der Waals surface area contributed by atoms with Crippen molar-refractivity contribution in [3.63, 3.8) is 0 Å². The molecule has 2 aromatic heterocycles. The molecule has 0 atom stereocenters. The van der Waals surface area contributed by atoms with Crippen LogP contribution in [-0.2, 0) is 4.12 Å². The molecule has 2 aromatic rings. The van der Waals surface area contributed by atoms with Crippen LogP contribution in [-0.4, -0.2) is 20.2 Å². The van der Waals surface area contributed by atoms with E-state index in [0.29, 0.717) is 0 Å². The van der Waals surface area contributed by atoms with E-state index in [4.69, 9.17) is 8.53 Å². The fraction of sp³-hybridized carbons (Fsp3) is 0. The van der Waals surface area contributed by atoms with E-state index in [-0.39, 0.29) is 0 Å². The van der Waals surface area contributed by atoms with Crippen LogP contribution in [0.25, 0.3) is 0 Å². The summed E-state index contributed by atoms with van der Waals surface area (Å²) in [6, 6.07) is 7.52. The van der Waals surface area contributed by atoms with Gasteiger partial charge >= 0.3 is 0 Å². The fourth-order valence-corrected chi connectivity index (χ4v) is 2.30. The van der Waals surface area contributed by atoms with E-state index < -0.39 is 9.76 Å². The third-order valence-corrected chi connectivity index (χ3v) is 3.13. The van der Waals surface area contributed by atoms with Crippen molar-refractivity contribution in [2.45, 2.75) is 0 Å². The minimum absolute atomic E-state index is 0.464. The van der Waals surface area contributed by atoms with Crippen LogP contribution in [0.4, 0.5) is 0 Å². The molecule has 0 bridgehead atoms. The van der Waals surface area contributed by atoms with Crippen LogP contribution in [0, 0.1) is 0 Å². The molecule has 0 unspecified atom stereocenters. The summed E-state index contributed by atoms with van der Waals surface area (Å²) >= 11 is 0. The maximum Gasteiger partial charge on any atom is 0.221 e. The molecule has 70 valence electrons. The lowest BCUT2D eigenvalue weighted by atomic mass is 10.7. The Morgan fingerprint density at radius 1 is 1.15 bits per heavy atom. The average Bonchev–Trinajstić information content (AvgIpc) is 2.79. The molecule has 2 heterocycles. The first kappa shape index (κ1) is 10.0. The first-order valence-electron chi connectivity index (χ1n) is 3.92. The van der Waals surface area contributed by atoms with E-state index >= 15 is 0 Å². The van der Waals surface area contributed by atoms with Gasteiger partial charge in [-0.3, -0.25) is 0 Å². The maximum atomic E-state index is 5.07. The zero-order valence-corrected chi connectivity index (χ0v) is 10.9. The lowest BCUT2D eigenvalue weighted by Crippen LogP contribution is -2.12. The van der Waals surface area contributed by atoms with Crippen molar-refractivity contribution in [1.82, 2.24) is 0 Å². The Hall–Kier alpha value is -1.05. The Morgan fingerprint density at radius 2 is 1.92 bits per heavy atom. The van der Waals surface area contributed by atoms with Crippen molar-refractivity contribution >= 4 is 25.6 Å². The largest absolute Gasteiger partial charge is 0.473 e. The van der Waals surface area contributed by atoms with Crippen LogP contribution in [0.5, 0.6) is 0 Å². The van der Waals surface area contributed by atoms with Gasteiger partial charge in [0.25, 0.3) is 0 Å². The highest BCUT2D eigenvalue weighted by Crippen LogP contribution is 1.80. The van der Waals surface area contributed by atoms with Gasteiger partial charge in [-0.1, -0.05) is 0 Å². The number of hydrogen-bond donors (Lipinski definition) is 0. The second kappa shape index (κ2) is 6.47. The number of rotatable bonds is 2. The molecule has 0 N–H and O–H groups in total. The van der Waals surface area contributed by atoms with Crippen LogP contribution in [0.15, 0.2) is 51.9 Å². The zero-order valence-electron chi connectivity index (χ0n) is 7.47. The zero-order chi connectivity index (χ0) is 9.36. The molecule has 0 radical (unpaired) electrons. The van der Waals surface area contributed by atoms with E-state index in [1.54, 1.807) is 18.8 Å². The molecule has 2 rings (SSSR count). The lowest BCUT2D eigenvalue weighted by molar-refractivity contribution is 0.567. The summed E-state index contributed by atoms with van der Waals surface area (Å²) in [6.07, 6.45) is 4.93. The molecule has 0 saturated carbocycles. The average molecular weight is 212 g/mol. The predicted octanol–water partition coefficient (Wildman–Crippen LogP) is -0.435. The van der Waals surface area contributed by atoms with Crippen LogP contribution in [0.1, 0.15) is 0 Å². The monoisotopic (exact) mass is 212 g/mol. The van der Waals surface area contributed by atoms with Crippen molar-refractivity contribution in [3.8, 4) is 0 Å². The molecule has 0 aliphatic rings. The van der Waals surface area contributed by atoms with Gasteiger partial charge in [0.05, 0.1) is 18.8 Å². The third-order valence-electron chi connectivity index (χ3n) is 1.29. The molecule has 0 aromatic carbocycles. The maximum absolute atomic E-state index is 5.07. The van der Waals surface area contributed by atoms with Crippen molar-refractivity contribution in [2.24, 2.45) is 0 Å². The molecule has 0 aliphatic heterocycles. The van der Waals surface area contributed by atoms with Crippen molar-refractivity contribution in [2.75, 3.05) is 0 Å².